The highest BCUT2D eigenvalue weighted by molar-refractivity contribution is 5.85. The third-order valence-electron chi connectivity index (χ3n) is 3.85. The van der Waals surface area contributed by atoms with Gasteiger partial charge in [-0.2, -0.15) is 0 Å². The van der Waals surface area contributed by atoms with Gasteiger partial charge < -0.3 is 10.3 Å². The second kappa shape index (κ2) is 4.99. The first-order chi connectivity index (χ1) is 8.90. The number of fused-ring (bicyclic) bond motifs is 3. The highest BCUT2D eigenvalue weighted by atomic mass is 14.9. The lowest BCUT2D eigenvalue weighted by molar-refractivity contribution is 0.458. The smallest absolute Gasteiger partial charge is 0.0476 e. The van der Waals surface area contributed by atoms with Gasteiger partial charge in [-0.3, -0.25) is 0 Å². The van der Waals surface area contributed by atoms with Gasteiger partial charge in [0, 0.05) is 22.6 Å². The quantitative estimate of drug-likeness (QED) is 0.619. The fourth-order valence-corrected chi connectivity index (χ4v) is 2.98. The lowest BCUT2D eigenvalue weighted by Crippen LogP contribution is -2.25. The molecule has 1 aliphatic rings. The Morgan fingerprint density at radius 1 is 1.39 bits per heavy atom. The molecule has 2 heteroatoms. The van der Waals surface area contributed by atoms with Gasteiger partial charge in [0.15, 0.2) is 0 Å². The molecular formula is C16H20N2. The molecule has 1 unspecified atom stereocenters. The minimum absolute atomic E-state index is 0.487. The van der Waals surface area contributed by atoms with E-state index in [4.69, 9.17) is 0 Å². The molecule has 1 heterocycles. The van der Waals surface area contributed by atoms with Crippen molar-refractivity contribution in [2.75, 3.05) is 6.54 Å². The zero-order valence-electron chi connectivity index (χ0n) is 10.7. The average Bonchev–Trinajstić information content (AvgIpc) is 2.79. The molecule has 0 amide bonds. The summed E-state index contributed by atoms with van der Waals surface area (Å²) in [5.74, 6) is 0. The van der Waals surface area contributed by atoms with Crippen LogP contribution in [0.25, 0.3) is 10.9 Å². The summed E-state index contributed by atoms with van der Waals surface area (Å²) in [5, 5.41) is 5.04. The van der Waals surface area contributed by atoms with Crippen LogP contribution in [0.1, 0.15) is 36.6 Å². The van der Waals surface area contributed by atoms with Gasteiger partial charge in [-0.05, 0) is 43.9 Å². The van der Waals surface area contributed by atoms with E-state index in [0.29, 0.717) is 6.04 Å². The Kier molecular flexibility index (Phi) is 3.20. The Morgan fingerprint density at radius 3 is 3.17 bits per heavy atom. The second-order valence-electron chi connectivity index (χ2n) is 5.04. The molecule has 3 rings (SSSR count). The van der Waals surface area contributed by atoms with Crippen LogP contribution in [0.15, 0.2) is 36.9 Å². The summed E-state index contributed by atoms with van der Waals surface area (Å²) in [4.78, 5) is 3.60. The van der Waals surface area contributed by atoms with Gasteiger partial charge in [-0.1, -0.05) is 24.3 Å². The topological polar surface area (TPSA) is 27.8 Å². The van der Waals surface area contributed by atoms with Crippen LogP contribution in [0, 0.1) is 0 Å². The lowest BCUT2D eigenvalue weighted by atomic mass is 9.91. The maximum Gasteiger partial charge on any atom is 0.0476 e. The first-order valence-electron chi connectivity index (χ1n) is 6.84. The van der Waals surface area contributed by atoms with E-state index >= 15 is 0 Å². The molecule has 0 radical (unpaired) electrons. The molecule has 0 spiro atoms. The van der Waals surface area contributed by atoms with Crippen molar-refractivity contribution in [2.45, 2.75) is 31.7 Å². The maximum atomic E-state index is 3.77. The molecule has 1 aromatic heterocycles. The van der Waals surface area contributed by atoms with E-state index in [-0.39, 0.29) is 0 Å². The van der Waals surface area contributed by atoms with Crippen molar-refractivity contribution in [3.63, 3.8) is 0 Å². The molecule has 2 aromatic rings. The van der Waals surface area contributed by atoms with Gasteiger partial charge in [0.2, 0.25) is 0 Å². The normalized spacial score (nSPS) is 18.8. The van der Waals surface area contributed by atoms with Crippen LogP contribution in [0.2, 0.25) is 0 Å². The molecule has 18 heavy (non-hydrogen) atoms. The zero-order chi connectivity index (χ0) is 12.4. The third-order valence-corrected chi connectivity index (χ3v) is 3.85. The van der Waals surface area contributed by atoms with Crippen LogP contribution in [-0.2, 0) is 6.42 Å². The number of para-hydroxylation sites is 1. The number of aryl methyl sites for hydroxylation is 1. The van der Waals surface area contributed by atoms with Crippen molar-refractivity contribution < 1.29 is 0 Å². The van der Waals surface area contributed by atoms with Crippen molar-refractivity contribution in [1.82, 2.24) is 10.3 Å². The van der Waals surface area contributed by atoms with E-state index in [1.54, 1.807) is 0 Å². The van der Waals surface area contributed by atoms with E-state index in [9.17, 15) is 0 Å². The first kappa shape index (κ1) is 11.5. The summed E-state index contributed by atoms with van der Waals surface area (Å²) in [7, 11) is 0. The molecular weight excluding hydrogens is 220 g/mol. The van der Waals surface area contributed by atoms with E-state index in [0.717, 1.165) is 13.0 Å². The third kappa shape index (κ3) is 1.97. The molecule has 0 fully saturated rings. The molecule has 0 aliphatic heterocycles. The maximum absolute atomic E-state index is 3.77. The predicted octanol–water partition coefficient (Wildman–Crippen LogP) is 3.71. The van der Waals surface area contributed by atoms with Gasteiger partial charge in [0.1, 0.15) is 0 Å². The number of aromatic amines is 1. The Hall–Kier alpha value is -1.54. The molecule has 0 saturated carbocycles. The van der Waals surface area contributed by atoms with Crippen LogP contribution < -0.4 is 5.32 Å². The SMILES string of the molecule is C=CCCNC1CCCc2c1[nH]c1ccccc21. The van der Waals surface area contributed by atoms with E-state index in [1.165, 1.54) is 41.4 Å². The zero-order valence-corrected chi connectivity index (χ0v) is 10.7. The highest BCUT2D eigenvalue weighted by Gasteiger charge is 2.23. The summed E-state index contributed by atoms with van der Waals surface area (Å²) in [6, 6.07) is 9.13. The Balaban J connectivity index is 1.92. The largest absolute Gasteiger partial charge is 0.357 e. The Bertz CT molecular complexity index is 553. The fraction of sp³-hybridized carbons (Fsp3) is 0.375. The minimum atomic E-state index is 0.487. The molecule has 0 bridgehead atoms. The number of benzene rings is 1. The fourth-order valence-electron chi connectivity index (χ4n) is 2.98. The standard InChI is InChI=1S/C16H20N2/c1-2-3-11-17-15-10-6-8-13-12-7-4-5-9-14(12)18-16(13)15/h2,4-5,7,9,15,17-18H,1,3,6,8,10-11H2. The van der Waals surface area contributed by atoms with Crippen LogP contribution in [-0.4, -0.2) is 11.5 Å². The highest BCUT2D eigenvalue weighted by Crippen LogP contribution is 2.34. The second-order valence-corrected chi connectivity index (χ2v) is 5.04. The van der Waals surface area contributed by atoms with Gasteiger partial charge in [0.25, 0.3) is 0 Å². The van der Waals surface area contributed by atoms with Crippen molar-refractivity contribution >= 4 is 10.9 Å². The van der Waals surface area contributed by atoms with Crippen molar-refractivity contribution in [2.24, 2.45) is 0 Å². The Labute approximate surface area is 108 Å². The minimum Gasteiger partial charge on any atom is -0.357 e. The van der Waals surface area contributed by atoms with Crippen molar-refractivity contribution in [1.29, 1.82) is 0 Å². The number of hydrogen-bond acceptors (Lipinski definition) is 1. The average molecular weight is 240 g/mol. The molecule has 1 aliphatic carbocycles. The lowest BCUT2D eigenvalue weighted by Gasteiger charge is -2.23. The van der Waals surface area contributed by atoms with Gasteiger partial charge in [0.05, 0.1) is 0 Å². The van der Waals surface area contributed by atoms with Crippen LogP contribution >= 0.6 is 0 Å². The Morgan fingerprint density at radius 2 is 2.28 bits per heavy atom. The van der Waals surface area contributed by atoms with Gasteiger partial charge in [-0.15, -0.1) is 6.58 Å². The number of aromatic nitrogens is 1. The number of nitrogens with one attached hydrogen (secondary N) is 2. The summed E-state index contributed by atoms with van der Waals surface area (Å²) < 4.78 is 0. The van der Waals surface area contributed by atoms with Crippen LogP contribution in [0.4, 0.5) is 0 Å². The van der Waals surface area contributed by atoms with Crippen molar-refractivity contribution in [3.05, 3.63) is 48.2 Å². The molecule has 0 saturated heterocycles. The molecule has 2 N–H and O–H groups in total. The summed E-state index contributed by atoms with van der Waals surface area (Å²) in [6.45, 7) is 4.79. The number of rotatable bonds is 4. The summed E-state index contributed by atoms with van der Waals surface area (Å²) in [6.07, 6.45) is 6.73. The van der Waals surface area contributed by atoms with Crippen LogP contribution in [0.3, 0.4) is 0 Å². The summed E-state index contributed by atoms with van der Waals surface area (Å²) >= 11 is 0. The van der Waals surface area contributed by atoms with E-state index < -0.39 is 0 Å². The monoisotopic (exact) mass is 240 g/mol. The number of H-pyrrole nitrogens is 1. The van der Waals surface area contributed by atoms with Gasteiger partial charge >= 0.3 is 0 Å². The van der Waals surface area contributed by atoms with E-state index in [2.05, 4.69) is 41.1 Å². The summed E-state index contributed by atoms with van der Waals surface area (Å²) in [5.41, 5.74) is 4.21. The number of hydrogen-bond donors (Lipinski definition) is 2. The molecule has 1 aromatic carbocycles. The van der Waals surface area contributed by atoms with Crippen LogP contribution in [0.5, 0.6) is 0 Å². The molecule has 1 atom stereocenters. The van der Waals surface area contributed by atoms with Gasteiger partial charge in [-0.25, -0.2) is 0 Å². The molecule has 2 nitrogen and oxygen atoms in total. The molecule has 94 valence electrons. The van der Waals surface area contributed by atoms with E-state index in [1.807, 2.05) is 6.08 Å². The van der Waals surface area contributed by atoms with Crippen molar-refractivity contribution in [3.8, 4) is 0 Å². The first-order valence-corrected chi connectivity index (χ1v) is 6.84. The predicted molar refractivity (Wildman–Crippen MR) is 76.8 cm³/mol.